The van der Waals surface area contributed by atoms with E-state index in [1.54, 1.807) is 0 Å². The monoisotopic (exact) mass is 466 g/mol. The fourth-order valence-corrected chi connectivity index (χ4v) is 3.16. The van der Waals surface area contributed by atoms with Crippen molar-refractivity contribution < 1.29 is 0 Å². The first kappa shape index (κ1) is 12.8. The van der Waals surface area contributed by atoms with Crippen molar-refractivity contribution in [3.8, 4) is 11.1 Å². The Morgan fingerprint density at radius 1 is 0.625 bits per heavy atom. The smallest absolute Gasteiger partial charge is 0.0465 e. The molecule has 0 spiro atoms. The first-order chi connectivity index (χ1) is 7.59. The average Bonchev–Trinajstić information content (AvgIpc) is 2.28. The van der Waals surface area contributed by atoms with Crippen LogP contribution in [0.15, 0.2) is 54.3 Å². The van der Waals surface area contributed by atoms with Gasteiger partial charge in [-0.2, -0.15) is 0 Å². The molecule has 4 heteroatoms. The van der Waals surface area contributed by atoms with Crippen LogP contribution in [0.5, 0.6) is 0 Å². The van der Waals surface area contributed by atoms with Gasteiger partial charge in [-0.05, 0) is 77.1 Å². The average molecular weight is 470 g/mol. The summed E-state index contributed by atoms with van der Waals surface area (Å²) >= 11 is 14.1. The van der Waals surface area contributed by atoms with Gasteiger partial charge in [0.1, 0.15) is 0 Å². The molecular formula is C12H6Br4. The fourth-order valence-electron chi connectivity index (χ4n) is 1.38. The Balaban J connectivity index is 2.57. The van der Waals surface area contributed by atoms with Crippen LogP contribution in [0.3, 0.4) is 0 Å². The lowest BCUT2D eigenvalue weighted by molar-refractivity contribution is 1.51. The van der Waals surface area contributed by atoms with Crippen molar-refractivity contribution in [1.82, 2.24) is 0 Å². The SMILES string of the molecule is Brc1ccc(-c2ccc(Br)c(Br)c2Br)cc1. The Bertz CT molecular complexity index is 517. The molecule has 0 atom stereocenters. The van der Waals surface area contributed by atoms with Crippen LogP contribution >= 0.6 is 63.7 Å². The lowest BCUT2D eigenvalue weighted by atomic mass is 10.1. The van der Waals surface area contributed by atoms with E-state index >= 15 is 0 Å². The fraction of sp³-hybridized carbons (Fsp3) is 0. The van der Waals surface area contributed by atoms with Crippen molar-refractivity contribution in [2.24, 2.45) is 0 Å². The van der Waals surface area contributed by atoms with Crippen molar-refractivity contribution in [2.75, 3.05) is 0 Å². The van der Waals surface area contributed by atoms with Gasteiger partial charge in [-0.1, -0.05) is 34.1 Å². The molecule has 0 bridgehead atoms. The largest absolute Gasteiger partial charge is 0.0532 e. The highest BCUT2D eigenvalue weighted by atomic mass is 79.9. The molecule has 0 aliphatic carbocycles. The Morgan fingerprint density at radius 2 is 1.25 bits per heavy atom. The van der Waals surface area contributed by atoms with Crippen molar-refractivity contribution in [3.05, 3.63) is 54.3 Å². The predicted octanol–water partition coefficient (Wildman–Crippen LogP) is 6.40. The van der Waals surface area contributed by atoms with Crippen molar-refractivity contribution in [3.63, 3.8) is 0 Å². The van der Waals surface area contributed by atoms with Crippen LogP contribution < -0.4 is 0 Å². The van der Waals surface area contributed by atoms with E-state index in [2.05, 4.69) is 81.9 Å². The highest BCUT2D eigenvalue weighted by Crippen LogP contribution is 2.38. The number of hydrogen-bond acceptors (Lipinski definition) is 0. The molecule has 0 saturated carbocycles. The molecule has 2 rings (SSSR count). The second kappa shape index (κ2) is 5.34. The molecule has 0 radical (unpaired) electrons. The van der Waals surface area contributed by atoms with Gasteiger partial charge in [0.25, 0.3) is 0 Å². The molecule has 0 heterocycles. The third kappa shape index (κ3) is 2.61. The normalized spacial score (nSPS) is 10.5. The molecular weight excluding hydrogens is 464 g/mol. The number of hydrogen-bond donors (Lipinski definition) is 0. The van der Waals surface area contributed by atoms with Gasteiger partial charge in [0, 0.05) is 17.9 Å². The Labute approximate surface area is 128 Å². The molecule has 0 unspecified atom stereocenters. The summed E-state index contributed by atoms with van der Waals surface area (Å²) in [6.45, 7) is 0. The maximum absolute atomic E-state index is 3.60. The summed E-state index contributed by atoms with van der Waals surface area (Å²) in [5.74, 6) is 0. The molecule has 0 aliphatic heterocycles. The first-order valence-corrected chi connectivity index (χ1v) is 7.66. The van der Waals surface area contributed by atoms with Gasteiger partial charge < -0.3 is 0 Å². The minimum Gasteiger partial charge on any atom is -0.0532 e. The number of benzene rings is 2. The van der Waals surface area contributed by atoms with E-state index in [4.69, 9.17) is 0 Å². The molecule has 0 aliphatic rings. The third-order valence-corrected chi connectivity index (χ3v) is 6.09. The van der Waals surface area contributed by atoms with E-state index in [1.807, 2.05) is 18.2 Å². The van der Waals surface area contributed by atoms with Gasteiger partial charge in [0.2, 0.25) is 0 Å². The van der Waals surface area contributed by atoms with Gasteiger partial charge in [-0.3, -0.25) is 0 Å². The highest BCUT2D eigenvalue weighted by molar-refractivity contribution is 9.14. The molecule has 2 aromatic carbocycles. The standard InChI is InChI=1S/C12H6Br4/c13-8-3-1-7(2-4-8)9-5-6-10(14)12(16)11(9)15/h1-6H. The lowest BCUT2D eigenvalue weighted by Gasteiger charge is -2.08. The van der Waals surface area contributed by atoms with E-state index in [0.29, 0.717) is 0 Å². The molecule has 2 aromatic rings. The first-order valence-electron chi connectivity index (χ1n) is 4.49. The summed E-state index contributed by atoms with van der Waals surface area (Å²) in [6, 6.07) is 12.4. The number of halogens is 4. The van der Waals surface area contributed by atoms with Crippen LogP contribution in [-0.4, -0.2) is 0 Å². The van der Waals surface area contributed by atoms with Crippen molar-refractivity contribution >= 4 is 63.7 Å². The van der Waals surface area contributed by atoms with Crippen LogP contribution in [0.4, 0.5) is 0 Å². The van der Waals surface area contributed by atoms with E-state index in [9.17, 15) is 0 Å². The molecule has 0 saturated heterocycles. The van der Waals surface area contributed by atoms with Gasteiger partial charge in [-0.25, -0.2) is 0 Å². The predicted molar refractivity (Wildman–Crippen MR) is 82.7 cm³/mol. The summed E-state index contributed by atoms with van der Waals surface area (Å²) in [7, 11) is 0. The molecule has 16 heavy (non-hydrogen) atoms. The minimum atomic E-state index is 1.04. The Kier molecular flexibility index (Phi) is 4.27. The molecule has 0 amide bonds. The molecule has 0 fully saturated rings. The van der Waals surface area contributed by atoms with Crippen LogP contribution in [0.2, 0.25) is 0 Å². The van der Waals surface area contributed by atoms with Gasteiger partial charge >= 0.3 is 0 Å². The lowest BCUT2D eigenvalue weighted by Crippen LogP contribution is -1.82. The van der Waals surface area contributed by atoms with E-state index in [1.165, 1.54) is 11.1 Å². The second-order valence-corrected chi connectivity index (χ2v) is 6.59. The maximum Gasteiger partial charge on any atom is 0.0465 e. The zero-order valence-corrected chi connectivity index (χ0v) is 14.3. The van der Waals surface area contributed by atoms with Crippen LogP contribution in [0, 0.1) is 0 Å². The quantitative estimate of drug-likeness (QED) is 0.424. The molecule has 82 valence electrons. The zero-order chi connectivity index (χ0) is 11.7. The summed E-state index contributed by atoms with van der Waals surface area (Å²) < 4.78 is 4.22. The topological polar surface area (TPSA) is 0 Å². The Hall–Kier alpha value is 0.360. The van der Waals surface area contributed by atoms with E-state index < -0.39 is 0 Å². The summed E-state index contributed by atoms with van der Waals surface area (Å²) in [6.07, 6.45) is 0. The van der Waals surface area contributed by atoms with Gasteiger partial charge in [-0.15, -0.1) is 0 Å². The highest BCUT2D eigenvalue weighted by Gasteiger charge is 2.08. The van der Waals surface area contributed by atoms with E-state index in [0.717, 1.165) is 17.9 Å². The van der Waals surface area contributed by atoms with Gasteiger partial charge in [0.05, 0.1) is 0 Å². The second-order valence-electron chi connectivity index (χ2n) is 3.23. The summed E-state index contributed by atoms with van der Waals surface area (Å²) in [4.78, 5) is 0. The summed E-state index contributed by atoms with van der Waals surface area (Å²) in [5, 5.41) is 0. The maximum atomic E-state index is 3.60. The van der Waals surface area contributed by atoms with Crippen molar-refractivity contribution in [1.29, 1.82) is 0 Å². The third-order valence-electron chi connectivity index (χ3n) is 2.19. The van der Waals surface area contributed by atoms with Crippen LogP contribution in [-0.2, 0) is 0 Å². The molecule has 0 aromatic heterocycles. The Morgan fingerprint density at radius 3 is 1.88 bits per heavy atom. The molecule has 0 nitrogen and oxygen atoms in total. The molecule has 0 N–H and O–H groups in total. The van der Waals surface area contributed by atoms with Gasteiger partial charge in [0.15, 0.2) is 0 Å². The minimum absolute atomic E-state index is 1.04. The number of rotatable bonds is 1. The van der Waals surface area contributed by atoms with Crippen molar-refractivity contribution in [2.45, 2.75) is 0 Å². The summed E-state index contributed by atoms with van der Waals surface area (Å²) in [5.41, 5.74) is 2.35. The van der Waals surface area contributed by atoms with Crippen LogP contribution in [0.1, 0.15) is 0 Å². The van der Waals surface area contributed by atoms with E-state index in [-0.39, 0.29) is 0 Å². The zero-order valence-electron chi connectivity index (χ0n) is 7.98. The van der Waals surface area contributed by atoms with Crippen LogP contribution in [0.25, 0.3) is 11.1 Å².